The molecule has 2 nitrogen and oxygen atoms in total. The fraction of sp³-hybridized carbons (Fsp3) is 0.188. The van der Waals surface area contributed by atoms with E-state index in [1.807, 2.05) is 24.3 Å². The molecule has 0 amide bonds. The van der Waals surface area contributed by atoms with E-state index in [2.05, 4.69) is 57.8 Å². The molecule has 0 heterocycles. The number of benzene rings is 2. The summed E-state index contributed by atoms with van der Waals surface area (Å²) in [6.07, 6.45) is 0.965. The van der Waals surface area contributed by atoms with Crippen LogP contribution in [0.15, 0.2) is 53.0 Å². The highest BCUT2D eigenvalue weighted by molar-refractivity contribution is 9.10. The van der Waals surface area contributed by atoms with E-state index in [4.69, 9.17) is 12.2 Å². The van der Waals surface area contributed by atoms with Crippen LogP contribution < -0.4 is 10.6 Å². The molecule has 4 heteroatoms. The quantitative estimate of drug-likeness (QED) is 0.806. The molecule has 0 saturated carbocycles. The van der Waals surface area contributed by atoms with Gasteiger partial charge < -0.3 is 10.6 Å². The molecule has 0 aliphatic carbocycles. The molecule has 0 unspecified atom stereocenters. The van der Waals surface area contributed by atoms with Crippen LogP contribution in [0, 0.1) is 6.92 Å². The average Bonchev–Trinajstić information content (AvgIpc) is 2.41. The second-order valence-electron chi connectivity index (χ2n) is 4.57. The van der Waals surface area contributed by atoms with Gasteiger partial charge in [-0.05, 0) is 54.9 Å². The Morgan fingerprint density at radius 3 is 2.70 bits per heavy atom. The van der Waals surface area contributed by atoms with Crippen LogP contribution in [-0.4, -0.2) is 11.7 Å². The fourth-order valence-corrected chi connectivity index (χ4v) is 2.56. The van der Waals surface area contributed by atoms with Crippen LogP contribution in [0.3, 0.4) is 0 Å². The smallest absolute Gasteiger partial charge is 0.170 e. The number of rotatable bonds is 4. The summed E-state index contributed by atoms with van der Waals surface area (Å²) in [7, 11) is 0. The number of hydrogen-bond donors (Lipinski definition) is 2. The predicted molar refractivity (Wildman–Crippen MR) is 93.2 cm³/mol. The molecule has 104 valence electrons. The highest BCUT2D eigenvalue weighted by Gasteiger charge is 2.00. The first-order chi connectivity index (χ1) is 9.65. The minimum atomic E-state index is 0.650. The maximum Gasteiger partial charge on any atom is 0.170 e. The maximum absolute atomic E-state index is 5.29. The molecule has 0 aliphatic heterocycles. The molecule has 2 aromatic rings. The number of hydrogen-bond acceptors (Lipinski definition) is 1. The van der Waals surface area contributed by atoms with Gasteiger partial charge in [-0.2, -0.15) is 0 Å². The lowest BCUT2D eigenvalue weighted by Gasteiger charge is -2.11. The lowest BCUT2D eigenvalue weighted by atomic mass is 10.1. The maximum atomic E-state index is 5.29. The predicted octanol–water partition coefficient (Wildman–Crippen LogP) is 4.29. The Morgan fingerprint density at radius 2 is 1.95 bits per heavy atom. The molecule has 2 N–H and O–H groups in total. The van der Waals surface area contributed by atoms with E-state index in [1.54, 1.807) is 0 Å². The molecule has 0 bridgehead atoms. The van der Waals surface area contributed by atoms with Crippen LogP contribution in [0.5, 0.6) is 0 Å². The molecular formula is C16H17BrN2S. The van der Waals surface area contributed by atoms with E-state index in [1.165, 1.54) is 11.1 Å². The molecule has 0 fully saturated rings. The Balaban J connectivity index is 1.80. The molecule has 0 aliphatic rings. The Morgan fingerprint density at radius 1 is 1.15 bits per heavy atom. The molecular weight excluding hydrogens is 332 g/mol. The van der Waals surface area contributed by atoms with Crippen molar-refractivity contribution >= 4 is 38.9 Å². The SMILES string of the molecule is Cc1ccccc1CCNC(=S)Nc1cccc(Br)c1. The molecule has 0 aromatic heterocycles. The van der Waals surface area contributed by atoms with E-state index < -0.39 is 0 Å². The first-order valence-corrected chi connectivity index (χ1v) is 7.70. The number of thiocarbonyl (C=S) groups is 1. The van der Waals surface area contributed by atoms with E-state index in [0.29, 0.717) is 5.11 Å². The van der Waals surface area contributed by atoms with Crippen LogP contribution in [0.4, 0.5) is 5.69 Å². The highest BCUT2D eigenvalue weighted by Crippen LogP contribution is 2.15. The van der Waals surface area contributed by atoms with Crippen molar-refractivity contribution in [3.05, 3.63) is 64.1 Å². The van der Waals surface area contributed by atoms with Gasteiger partial charge >= 0.3 is 0 Å². The number of nitrogens with one attached hydrogen (secondary N) is 2. The summed E-state index contributed by atoms with van der Waals surface area (Å²) in [4.78, 5) is 0. The third-order valence-corrected chi connectivity index (χ3v) is 3.76. The second kappa shape index (κ2) is 7.41. The summed E-state index contributed by atoms with van der Waals surface area (Å²) < 4.78 is 1.03. The summed E-state index contributed by atoms with van der Waals surface area (Å²) in [6.45, 7) is 2.96. The highest BCUT2D eigenvalue weighted by atomic mass is 79.9. The van der Waals surface area contributed by atoms with Gasteiger partial charge in [0.05, 0.1) is 0 Å². The Bertz CT molecular complexity index is 599. The van der Waals surface area contributed by atoms with Crippen molar-refractivity contribution < 1.29 is 0 Å². The van der Waals surface area contributed by atoms with Gasteiger partial charge in [-0.3, -0.25) is 0 Å². The van der Waals surface area contributed by atoms with Crippen LogP contribution in [0.2, 0.25) is 0 Å². The van der Waals surface area contributed by atoms with E-state index >= 15 is 0 Å². The first kappa shape index (κ1) is 15.0. The third kappa shape index (κ3) is 4.62. The topological polar surface area (TPSA) is 24.1 Å². The van der Waals surface area contributed by atoms with Crippen molar-refractivity contribution in [1.82, 2.24) is 5.32 Å². The van der Waals surface area contributed by atoms with Crippen molar-refractivity contribution in [2.45, 2.75) is 13.3 Å². The van der Waals surface area contributed by atoms with E-state index in [0.717, 1.165) is 23.1 Å². The molecule has 2 aromatic carbocycles. The second-order valence-corrected chi connectivity index (χ2v) is 5.89. The van der Waals surface area contributed by atoms with Gasteiger partial charge in [0.15, 0.2) is 5.11 Å². The zero-order valence-corrected chi connectivity index (χ0v) is 13.7. The van der Waals surface area contributed by atoms with Crippen molar-refractivity contribution in [3.63, 3.8) is 0 Å². The molecule has 2 rings (SSSR count). The zero-order valence-electron chi connectivity index (χ0n) is 11.3. The van der Waals surface area contributed by atoms with E-state index in [9.17, 15) is 0 Å². The lowest BCUT2D eigenvalue weighted by molar-refractivity contribution is 0.868. The summed E-state index contributed by atoms with van der Waals surface area (Å²) >= 11 is 8.73. The van der Waals surface area contributed by atoms with Gasteiger partial charge in [-0.1, -0.05) is 46.3 Å². The minimum absolute atomic E-state index is 0.650. The van der Waals surface area contributed by atoms with Crippen molar-refractivity contribution in [3.8, 4) is 0 Å². The lowest BCUT2D eigenvalue weighted by Crippen LogP contribution is -2.30. The third-order valence-electron chi connectivity index (χ3n) is 3.02. The van der Waals surface area contributed by atoms with Gasteiger partial charge in [0.2, 0.25) is 0 Å². The number of anilines is 1. The summed E-state index contributed by atoms with van der Waals surface area (Å²) in [5, 5.41) is 7.05. The summed E-state index contributed by atoms with van der Waals surface area (Å²) in [6, 6.07) is 16.4. The van der Waals surface area contributed by atoms with Gasteiger partial charge in [-0.25, -0.2) is 0 Å². The summed E-state index contributed by atoms with van der Waals surface area (Å²) in [5.41, 5.74) is 3.65. The molecule has 0 saturated heterocycles. The van der Waals surface area contributed by atoms with Crippen LogP contribution in [0.25, 0.3) is 0 Å². The largest absolute Gasteiger partial charge is 0.362 e. The number of halogens is 1. The average molecular weight is 349 g/mol. The van der Waals surface area contributed by atoms with Crippen molar-refractivity contribution in [2.75, 3.05) is 11.9 Å². The van der Waals surface area contributed by atoms with Crippen LogP contribution in [-0.2, 0) is 6.42 Å². The van der Waals surface area contributed by atoms with E-state index in [-0.39, 0.29) is 0 Å². The Kier molecular flexibility index (Phi) is 5.56. The molecule has 20 heavy (non-hydrogen) atoms. The fourth-order valence-electron chi connectivity index (χ4n) is 1.94. The van der Waals surface area contributed by atoms with Crippen molar-refractivity contribution in [1.29, 1.82) is 0 Å². The monoisotopic (exact) mass is 348 g/mol. The first-order valence-electron chi connectivity index (χ1n) is 6.50. The summed E-state index contributed by atoms with van der Waals surface area (Å²) in [5.74, 6) is 0. The molecule has 0 atom stereocenters. The van der Waals surface area contributed by atoms with Gasteiger partial charge in [0.1, 0.15) is 0 Å². The van der Waals surface area contributed by atoms with Crippen molar-refractivity contribution in [2.24, 2.45) is 0 Å². The molecule has 0 radical (unpaired) electrons. The van der Waals surface area contributed by atoms with Crippen LogP contribution in [0.1, 0.15) is 11.1 Å². The van der Waals surface area contributed by atoms with Gasteiger partial charge in [-0.15, -0.1) is 0 Å². The van der Waals surface area contributed by atoms with Gasteiger partial charge in [0, 0.05) is 16.7 Å². The minimum Gasteiger partial charge on any atom is -0.362 e. The molecule has 0 spiro atoms. The van der Waals surface area contributed by atoms with Gasteiger partial charge in [0.25, 0.3) is 0 Å². The Labute approximate surface area is 133 Å². The standard InChI is InChI=1S/C16H17BrN2S/c1-12-5-2-3-6-13(12)9-10-18-16(20)19-15-8-4-7-14(17)11-15/h2-8,11H,9-10H2,1H3,(H2,18,19,20). The Hall–Kier alpha value is -1.39. The number of aryl methyl sites for hydroxylation is 1. The van der Waals surface area contributed by atoms with Crippen LogP contribution >= 0.6 is 28.1 Å². The zero-order chi connectivity index (χ0) is 14.4. The normalized spacial score (nSPS) is 10.1.